The fraction of sp³-hybridized carbons (Fsp3) is 0.316. The average Bonchev–Trinajstić information content (AvgIpc) is 3.07. The zero-order valence-corrected chi connectivity index (χ0v) is 13.7. The first kappa shape index (κ1) is 14.7. The highest BCUT2D eigenvalue weighted by Gasteiger charge is 2.21. The predicted molar refractivity (Wildman–Crippen MR) is 94.7 cm³/mol. The topological polar surface area (TPSA) is 68.6 Å². The van der Waals surface area contributed by atoms with E-state index in [2.05, 4.69) is 32.8 Å². The molecule has 5 nitrogen and oxygen atoms in total. The van der Waals surface area contributed by atoms with E-state index < -0.39 is 0 Å². The van der Waals surface area contributed by atoms with Gasteiger partial charge in [0.25, 0.3) is 0 Å². The molecule has 1 fully saturated rings. The van der Waals surface area contributed by atoms with Gasteiger partial charge in [-0.1, -0.05) is 19.1 Å². The van der Waals surface area contributed by atoms with Gasteiger partial charge in [-0.25, -0.2) is 9.97 Å². The zero-order chi connectivity index (χ0) is 16.5. The fourth-order valence-corrected chi connectivity index (χ4v) is 3.39. The molecule has 2 aromatic heterocycles. The van der Waals surface area contributed by atoms with Crippen molar-refractivity contribution in [3.8, 4) is 17.2 Å². The third-order valence-electron chi connectivity index (χ3n) is 4.84. The molecule has 1 aliphatic heterocycles. The van der Waals surface area contributed by atoms with Crippen LogP contribution in [-0.2, 0) is 0 Å². The van der Waals surface area contributed by atoms with Gasteiger partial charge in [-0.3, -0.25) is 0 Å². The Labute approximate surface area is 141 Å². The molecule has 1 saturated heterocycles. The molecule has 3 aromatic rings. The average molecular weight is 317 g/mol. The van der Waals surface area contributed by atoms with E-state index in [1.165, 1.54) is 12.8 Å². The summed E-state index contributed by atoms with van der Waals surface area (Å²) >= 11 is 0. The Balaban J connectivity index is 1.84. The van der Waals surface area contributed by atoms with Crippen molar-refractivity contribution in [3.05, 3.63) is 42.4 Å². The van der Waals surface area contributed by atoms with Crippen LogP contribution in [0.5, 0.6) is 0 Å². The summed E-state index contributed by atoms with van der Waals surface area (Å²) in [7, 11) is 0. The van der Waals surface area contributed by atoms with Gasteiger partial charge in [0, 0.05) is 24.8 Å². The Kier molecular flexibility index (Phi) is 3.66. The second-order valence-corrected chi connectivity index (χ2v) is 6.49. The van der Waals surface area contributed by atoms with Crippen LogP contribution >= 0.6 is 0 Å². The first-order valence-electron chi connectivity index (χ1n) is 8.34. The summed E-state index contributed by atoms with van der Waals surface area (Å²) < 4.78 is 0. The molecule has 0 atom stereocenters. The molecule has 1 N–H and O–H groups in total. The molecule has 0 radical (unpaired) electrons. The summed E-state index contributed by atoms with van der Waals surface area (Å²) in [6, 6.07) is 9.89. The maximum absolute atomic E-state index is 9.17. The van der Waals surface area contributed by atoms with Gasteiger partial charge in [-0.2, -0.15) is 5.26 Å². The second-order valence-electron chi connectivity index (χ2n) is 6.49. The number of aromatic nitrogens is 3. The SMILES string of the molecule is CC1CCN(c2ncnc3[nH]cc(-c4cccc(C#N)c4)c23)CC1. The number of H-pyrrole nitrogens is 1. The van der Waals surface area contributed by atoms with Crippen LogP contribution in [0, 0.1) is 17.2 Å². The lowest BCUT2D eigenvalue weighted by atomic mass is 9.98. The van der Waals surface area contributed by atoms with E-state index in [0.29, 0.717) is 5.56 Å². The summed E-state index contributed by atoms with van der Waals surface area (Å²) in [5.74, 6) is 1.77. The largest absolute Gasteiger partial charge is 0.356 e. The van der Waals surface area contributed by atoms with Gasteiger partial charge in [-0.05, 0) is 36.5 Å². The highest BCUT2D eigenvalue weighted by molar-refractivity contribution is 6.01. The first-order chi connectivity index (χ1) is 11.8. The molecular weight excluding hydrogens is 298 g/mol. The Morgan fingerprint density at radius 1 is 1.25 bits per heavy atom. The molecule has 0 amide bonds. The molecule has 0 saturated carbocycles. The summed E-state index contributed by atoms with van der Waals surface area (Å²) in [6.07, 6.45) is 5.97. The lowest BCUT2D eigenvalue weighted by Crippen LogP contribution is -2.33. The van der Waals surface area contributed by atoms with Gasteiger partial charge < -0.3 is 9.88 Å². The standard InChI is InChI=1S/C19H19N5/c1-13-5-7-24(8-6-13)19-17-16(11-21-18(17)22-12-23-19)15-4-2-3-14(9-15)10-20/h2-4,9,11-13H,5-8H2,1H3,(H,21,22,23). The second kappa shape index (κ2) is 5.97. The van der Waals surface area contributed by atoms with Crippen LogP contribution in [0.25, 0.3) is 22.2 Å². The normalized spacial score (nSPS) is 15.6. The van der Waals surface area contributed by atoms with E-state index in [1.807, 2.05) is 30.5 Å². The van der Waals surface area contributed by atoms with E-state index in [9.17, 15) is 0 Å². The van der Waals surface area contributed by atoms with Crippen molar-refractivity contribution in [2.75, 3.05) is 18.0 Å². The van der Waals surface area contributed by atoms with Crippen molar-refractivity contribution in [2.24, 2.45) is 5.92 Å². The third kappa shape index (κ3) is 2.50. The van der Waals surface area contributed by atoms with Crippen LogP contribution in [0.1, 0.15) is 25.3 Å². The van der Waals surface area contributed by atoms with Crippen LogP contribution in [0.4, 0.5) is 5.82 Å². The Morgan fingerprint density at radius 2 is 2.08 bits per heavy atom. The lowest BCUT2D eigenvalue weighted by Gasteiger charge is -2.31. The molecule has 1 aliphatic rings. The van der Waals surface area contributed by atoms with E-state index in [0.717, 1.165) is 47.0 Å². The number of hydrogen-bond acceptors (Lipinski definition) is 4. The molecule has 0 aliphatic carbocycles. The molecule has 24 heavy (non-hydrogen) atoms. The highest BCUT2D eigenvalue weighted by Crippen LogP contribution is 2.35. The van der Waals surface area contributed by atoms with E-state index in [-0.39, 0.29) is 0 Å². The number of anilines is 1. The van der Waals surface area contributed by atoms with Crippen molar-refractivity contribution in [1.29, 1.82) is 5.26 Å². The van der Waals surface area contributed by atoms with Gasteiger partial charge in [0.2, 0.25) is 0 Å². The van der Waals surface area contributed by atoms with E-state index >= 15 is 0 Å². The van der Waals surface area contributed by atoms with Crippen LogP contribution < -0.4 is 4.90 Å². The van der Waals surface area contributed by atoms with Crippen molar-refractivity contribution >= 4 is 16.9 Å². The van der Waals surface area contributed by atoms with E-state index in [4.69, 9.17) is 5.26 Å². The van der Waals surface area contributed by atoms with Crippen molar-refractivity contribution in [1.82, 2.24) is 15.0 Å². The van der Waals surface area contributed by atoms with Gasteiger partial charge in [0.1, 0.15) is 17.8 Å². The molecule has 3 heterocycles. The van der Waals surface area contributed by atoms with Gasteiger partial charge >= 0.3 is 0 Å². The van der Waals surface area contributed by atoms with Crippen LogP contribution in [-0.4, -0.2) is 28.0 Å². The quantitative estimate of drug-likeness (QED) is 0.782. The Morgan fingerprint density at radius 3 is 2.88 bits per heavy atom. The third-order valence-corrected chi connectivity index (χ3v) is 4.84. The monoisotopic (exact) mass is 317 g/mol. The van der Waals surface area contributed by atoms with Crippen LogP contribution in [0.2, 0.25) is 0 Å². The molecule has 0 bridgehead atoms. The van der Waals surface area contributed by atoms with Crippen LogP contribution in [0.15, 0.2) is 36.8 Å². The Hall–Kier alpha value is -2.87. The fourth-order valence-electron chi connectivity index (χ4n) is 3.39. The lowest BCUT2D eigenvalue weighted by molar-refractivity contribution is 0.437. The number of nitrogens with one attached hydrogen (secondary N) is 1. The number of nitrogens with zero attached hydrogens (tertiary/aromatic N) is 4. The number of rotatable bonds is 2. The summed E-state index contributed by atoms with van der Waals surface area (Å²) in [6.45, 7) is 4.36. The molecule has 120 valence electrons. The molecule has 4 rings (SSSR count). The van der Waals surface area contributed by atoms with Gasteiger partial charge in [-0.15, -0.1) is 0 Å². The van der Waals surface area contributed by atoms with Gasteiger partial charge in [0.15, 0.2) is 0 Å². The molecular formula is C19H19N5. The van der Waals surface area contributed by atoms with Crippen molar-refractivity contribution in [2.45, 2.75) is 19.8 Å². The first-order valence-corrected chi connectivity index (χ1v) is 8.34. The molecule has 0 spiro atoms. The number of aromatic amines is 1. The number of benzene rings is 1. The van der Waals surface area contributed by atoms with Crippen molar-refractivity contribution in [3.63, 3.8) is 0 Å². The highest BCUT2D eigenvalue weighted by atomic mass is 15.2. The molecule has 0 unspecified atom stereocenters. The molecule has 5 heteroatoms. The maximum Gasteiger partial charge on any atom is 0.143 e. The number of hydrogen-bond donors (Lipinski definition) is 1. The number of nitriles is 1. The maximum atomic E-state index is 9.17. The summed E-state index contributed by atoms with van der Waals surface area (Å²) in [4.78, 5) is 14.6. The van der Waals surface area contributed by atoms with E-state index in [1.54, 1.807) is 6.33 Å². The molecule has 1 aromatic carbocycles. The zero-order valence-electron chi connectivity index (χ0n) is 13.7. The summed E-state index contributed by atoms with van der Waals surface area (Å²) in [5.41, 5.74) is 3.57. The minimum Gasteiger partial charge on any atom is -0.356 e. The predicted octanol–water partition coefficient (Wildman–Crippen LogP) is 3.73. The van der Waals surface area contributed by atoms with Gasteiger partial charge in [0.05, 0.1) is 17.0 Å². The minimum absolute atomic E-state index is 0.659. The van der Waals surface area contributed by atoms with Crippen LogP contribution in [0.3, 0.4) is 0 Å². The van der Waals surface area contributed by atoms with Crippen molar-refractivity contribution < 1.29 is 0 Å². The smallest absolute Gasteiger partial charge is 0.143 e. The number of piperidine rings is 1. The number of fused-ring (bicyclic) bond motifs is 1. The summed E-state index contributed by atoms with van der Waals surface area (Å²) in [5, 5.41) is 10.2. The minimum atomic E-state index is 0.659. The Bertz CT molecular complexity index is 913.